The number of halogens is 1. The van der Waals surface area contributed by atoms with Gasteiger partial charge in [0.25, 0.3) is 0 Å². The van der Waals surface area contributed by atoms with Crippen LogP contribution in [0.5, 0.6) is 0 Å². The lowest BCUT2D eigenvalue weighted by Gasteiger charge is -2.14. The number of anilines is 1. The Morgan fingerprint density at radius 2 is 2.12 bits per heavy atom. The first-order chi connectivity index (χ1) is 11.6. The highest BCUT2D eigenvalue weighted by atomic mass is 35.5. The van der Waals surface area contributed by atoms with Gasteiger partial charge in [0, 0.05) is 23.0 Å². The molecule has 2 aromatic rings. The highest BCUT2D eigenvalue weighted by molar-refractivity contribution is 6.30. The van der Waals surface area contributed by atoms with Crippen LogP contribution in [0.4, 0.5) is 10.5 Å². The van der Waals surface area contributed by atoms with Gasteiger partial charge in [-0.2, -0.15) is 0 Å². The predicted molar refractivity (Wildman–Crippen MR) is 97.5 cm³/mol. The van der Waals surface area contributed by atoms with Gasteiger partial charge < -0.3 is 9.64 Å². The van der Waals surface area contributed by atoms with E-state index in [1.54, 1.807) is 0 Å². The standard InChI is InChI=1S/C19H21ClN2O2/c1-22-10-9-14(12-22)13-24-19(23)21-18-8-3-2-7-17(18)15-5-4-6-16(20)11-15/h2-8,11,14H,9-10,12-13H2,1H3,(H,21,23)/t14-/m0/s1. The molecule has 1 heterocycles. The number of nitrogens with zero attached hydrogens (tertiary/aromatic N) is 1. The SMILES string of the molecule is CN1CC[C@H](COC(=O)Nc2ccccc2-c2cccc(Cl)c2)C1. The average molecular weight is 345 g/mol. The lowest BCUT2D eigenvalue weighted by Crippen LogP contribution is -2.21. The van der Waals surface area contributed by atoms with E-state index in [4.69, 9.17) is 16.3 Å². The molecule has 0 unspecified atom stereocenters. The van der Waals surface area contributed by atoms with Crippen LogP contribution in [-0.4, -0.2) is 37.7 Å². The van der Waals surface area contributed by atoms with Gasteiger partial charge in [-0.15, -0.1) is 0 Å². The highest BCUT2D eigenvalue weighted by Gasteiger charge is 2.21. The van der Waals surface area contributed by atoms with Gasteiger partial charge in [0.15, 0.2) is 0 Å². The van der Waals surface area contributed by atoms with E-state index in [9.17, 15) is 4.79 Å². The summed E-state index contributed by atoms with van der Waals surface area (Å²) < 4.78 is 5.39. The molecule has 0 aliphatic carbocycles. The molecule has 3 rings (SSSR count). The highest BCUT2D eigenvalue weighted by Crippen LogP contribution is 2.29. The van der Waals surface area contributed by atoms with Crippen molar-refractivity contribution in [3.63, 3.8) is 0 Å². The number of benzene rings is 2. The molecule has 5 heteroatoms. The molecule has 1 fully saturated rings. The fourth-order valence-electron chi connectivity index (χ4n) is 3.00. The van der Waals surface area contributed by atoms with Gasteiger partial charge in [-0.3, -0.25) is 5.32 Å². The minimum absolute atomic E-state index is 0.418. The summed E-state index contributed by atoms with van der Waals surface area (Å²) in [6, 6.07) is 15.2. The van der Waals surface area contributed by atoms with Crippen LogP contribution in [0.3, 0.4) is 0 Å². The second kappa shape index (κ2) is 7.69. The van der Waals surface area contributed by atoms with E-state index in [0.29, 0.717) is 23.2 Å². The number of nitrogens with one attached hydrogen (secondary N) is 1. The average Bonchev–Trinajstić information content (AvgIpc) is 2.99. The molecular weight excluding hydrogens is 324 g/mol. The van der Waals surface area contributed by atoms with Crippen LogP contribution in [0.1, 0.15) is 6.42 Å². The molecule has 0 radical (unpaired) electrons. The number of rotatable bonds is 4. The third-order valence-electron chi connectivity index (χ3n) is 4.24. The molecule has 4 nitrogen and oxygen atoms in total. The van der Waals surface area contributed by atoms with Gasteiger partial charge in [-0.05, 0) is 43.8 Å². The predicted octanol–water partition coefficient (Wildman–Crippen LogP) is 4.51. The van der Waals surface area contributed by atoms with Gasteiger partial charge in [0.05, 0.1) is 12.3 Å². The van der Waals surface area contributed by atoms with Crippen LogP contribution >= 0.6 is 11.6 Å². The van der Waals surface area contributed by atoms with Crippen molar-refractivity contribution >= 4 is 23.4 Å². The van der Waals surface area contributed by atoms with Crippen molar-refractivity contribution in [1.82, 2.24) is 4.90 Å². The topological polar surface area (TPSA) is 41.6 Å². The third-order valence-corrected chi connectivity index (χ3v) is 4.47. The lowest BCUT2D eigenvalue weighted by molar-refractivity contribution is 0.142. The quantitative estimate of drug-likeness (QED) is 0.887. The van der Waals surface area contributed by atoms with Crippen LogP contribution in [0, 0.1) is 5.92 Å². The molecular formula is C19H21ClN2O2. The minimum Gasteiger partial charge on any atom is -0.449 e. The molecule has 1 N–H and O–H groups in total. The van der Waals surface area contributed by atoms with Crippen LogP contribution in [-0.2, 0) is 4.74 Å². The Hall–Kier alpha value is -2.04. The van der Waals surface area contributed by atoms with E-state index >= 15 is 0 Å². The number of carbonyl (C=O) groups excluding carboxylic acids is 1. The van der Waals surface area contributed by atoms with Crippen molar-refractivity contribution in [2.45, 2.75) is 6.42 Å². The number of hydrogen-bond acceptors (Lipinski definition) is 3. The Bertz CT molecular complexity index is 720. The van der Waals surface area contributed by atoms with Crippen LogP contribution in [0.15, 0.2) is 48.5 Å². The van der Waals surface area contributed by atoms with E-state index < -0.39 is 6.09 Å². The Labute approximate surface area is 147 Å². The number of ether oxygens (including phenoxy) is 1. The summed E-state index contributed by atoms with van der Waals surface area (Å²) in [7, 11) is 2.08. The number of para-hydroxylation sites is 1. The molecule has 126 valence electrons. The van der Waals surface area contributed by atoms with Gasteiger partial charge in [-0.1, -0.05) is 41.9 Å². The molecule has 1 atom stereocenters. The normalized spacial score (nSPS) is 17.7. The molecule has 1 aliphatic rings. The van der Waals surface area contributed by atoms with E-state index in [1.165, 1.54) is 0 Å². The molecule has 2 aromatic carbocycles. The second-order valence-electron chi connectivity index (χ2n) is 6.20. The number of carbonyl (C=O) groups is 1. The van der Waals surface area contributed by atoms with E-state index in [0.717, 1.165) is 30.6 Å². The van der Waals surface area contributed by atoms with E-state index in [1.807, 2.05) is 48.5 Å². The monoisotopic (exact) mass is 344 g/mol. The summed E-state index contributed by atoms with van der Waals surface area (Å²) in [6.45, 7) is 2.50. The second-order valence-corrected chi connectivity index (χ2v) is 6.63. The minimum atomic E-state index is -0.418. The number of hydrogen-bond donors (Lipinski definition) is 1. The summed E-state index contributed by atoms with van der Waals surface area (Å²) >= 11 is 6.07. The van der Waals surface area contributed by atoms with Gasteiger partial charge in [0.2, 0.25) is 0 Å². The first-order valence-electron chi connectivity index (χ1n) is 8.09. The van der Waals surface area contributed by atoms with Crippen molar-refractivity contribution < 1.29 is 9.53 Å². The summed E-state index contributed by atoms with van der Waals surface area (Å²) in [5.74, 6) is 0.420. The van der Waals surface area contributed by atoms with Gasteiger partial charge in [-0.25, -0.2) is 4.79 Å². The van der Waals surface area contributed by atoms with Crippen molar-refractivity contribution in [2.75, 3.05) is 32.1 Å². The summed E-state index contributed by atoms with van der Waals surface area (Å²) in [5, 5.41) is 3.51. The molecule has 0 spiro atoms. The lowest BCUT2D eigenvalue weighted by atomic mass is 10.0. The maximum Gasteiger partial charge on any atom is 0.411 e. The molecule has 24 heavy (non-hydrogen) atoms. The van der Waals surface area contributed by atoms with Crippen LogP contribution < -0.4 is 5.32 Å². The van der Waals surface area contributed by atoms with Crippen LogP contribution in [0.25, 0.3) is 11.1 Å². The van der Waals surface area contributed by atoms with E-state index in [-0.39, 0.29) is 0 Å². The molecule has 1 amide bonds. The summed E-state index contributed by atoms with van der Waals surface area (Å²) in [4.78, 5) is 14.4. The molecule has 0 aromatic heterocycles. The Kier molecular flexibility index (Phi) is 5.38. The smallest absolute Gasteiger partial charge is 0.411 e. The van der Waals surface area contributed by atoms with Crippen LogP contribution in [0.2, 0.25) is 5.02 Å². The fraction of sp³-hybridized carbons (Fsp3) is 0.316. The molecule has 1 saturated heterocycles. The first-order valence-corrected chi connectivity index (χ1v) is 8.47. The molecule has 0 saturated carbocycles. The van der Waals surface area contributed by atoms with E-state index in [2.05, 4.69) is 17.3 Å². The summed E-state index contributed by atoms with van der Waals surface area (Å²) in [5.41, 5.74) is 2.58. The van der Waals surface area contributed by atoms with Gasteiger partial charge >= 0.3 is 6.09 Å². The van der Waals surface area contributed by atoms with Crippen molar-refractivity contribution in [2.24, 2.45) is 5.92 Å². The third kappa shape index (κ3) is 4.28. The van der Waals surface area contributed by atoms with Crippen molar-refractivity contribution in [3.8, 4) is 11.1 Å². The molecule has 1 aliphatic heterocycles. The largest absolute Gasteiger partial charge is 0.449 e. The number of likely N-dealkylation sites (tertiary alicyclic amines) is 1. The summed E-state index contributed by atoms with van der Waals surface area (Å²) in [6.07, 6.45) is 0.655. The maximum absolute atomic E-state index is 12.1. The zero-order valence-electron chi connectivity index (χ0n) is 13.7. The Morgan fingerprint density at radius 3 is 2.88 bits per heavy atom. The Morgan fingerprint density at radius 1 is 1.29 bits per heavy atom. The maximum atomic E-state index is 12.1. The van der Waals surface area contributed by atoms with Crippen molar-refractivity contribution in [3.05, 3.63) is 53.6 Å². The van der Waals surface area contributed by atoms with Gasteiger partial charge in [0.1, 0.15) is 0 Å². The zero-order valence-corrected chi connectivity index (χ0v) is 14.4. The molecule has 0 bridgehead atoms. The number of amides is 1. The zero-order chi connectivity index (χ0) is 16.9. The first kappa shape index (κ1) is 16.8. The van der Waals surface area contributed by atoms with Crippen molar-refractivity contribution in [1.29, 1.82) is 0 Å². The fourth-order valence-corrected chi connectivity index (χ4v) is 3.19. The Balaban J connectivity index is 1.65.